The molecule has 90 valence electrons. The van der Waals surface area contributed by atoms with Crippen LogP contribution in [0.2, 0.25) is 0 Å². The van der Waals surface area contributed by atoms with Crippen molar-refractivity contribution in [1.82, 2.24) is 20.5 Å². The number of thiazole rings is 1. The van der Waals surface area contributed by atoms with Crippen molar-refractivity contribution in [1.29, 1.82) is 0 Å². The summed E-state index contributed by atoms with van der Waals surface area (Å²) in [4.78, 5) is 17.3. The van der Waals surface area contributed by atoms with E-state index >= 15 is 0 Å². The molecule has 0 unspecified atom stereocenters. The third kappa shape index (κ3) is 2.71. The minimum atomic E-state index is -0.121. The summed E-state index contributed by atoms with van der Waals surface area (Å²) in [6.45, 7) is 4.37. The molecule has 6 heteroatoms. The van der Waals surface area contributed by atoms with Crippen LogP contribution in [-0.4, -0.2) is 21.1 Å². The summed E-state index contributed by atoms with van der Waals surface area (Å²) in [5.74, 6) is -0.121. The summed E-state index contributed by atoms with van der Waals surface area (Å²) >= 11 is 1.63. The maximum absolute atomic E-state index is 11.8. The number of aryl methyl sites for hydroxylation is 2. The van der Waals surface area contributed by atoms with Gasteiger partial charge in [0.05, 0.1) is 18.3 Å². The largest absolute Gasteiger partial charge is 0.345 e. The molecule has 0 radical (unpaired) electrons. The molecular weight excluding hydrogens is 236 g/mol. The molecule has 0 saturated carbocycles. The first-order chi connectivity index (χ1) is 8.20. The zero-order chi connectivity index (χ0) is 12.3. The van der Waals surface area contributed by atoms with Gasteiger partial charge < -0.3 is 5.32 Å². The fourth-order valence-corrected chi connectivity index (χ4v) is 2.23. The quantitative estimate of drug-likeness (QED) is 0.867. The number of rotatable bonds is 4. The molecule has 0 spiro atoms. The van der Waals surface area contributed by atoms with E-state index in [-0.39, 0.29) is 5.91 Å². The van der Waals surface area contributed by atoms with Crippen molar-refractivity contribution in [2.24, 2.45) is 0 Å². The molecule has 2 aromatic rings. The van der Waals surface area contributed by atoms with E-state index in [1.165, 1.54) is 11.1 Å². The molecule has 5 nitrogen and oxygen atoms in total. The Hall–Kier alpha value is -1.69. The summed E-state index contributed by atoms with van der Waals surface area (Å²) in [6, 6.07) is 0. The van der Waals surface area contributed by atoms with Crippen molar-refractivity contribution >= 4 is 17.2 Å². The minimum Gasteiger partial charge on any atom is -0.345 e. The van der Waals surface area contributed by atoms with E-state index in [0.717, 1.165) is 17.1 Å². The molecule has 2 heterocycles. The Kier molecular flexibility index (Phi) is 3.53. The highest BCUT2D eigenvalue weighted by molar-refractivity contribution is 7.11. The standard InChI is InChI=1S/C11H14N4OS/c1-3-8-4-12-10(17-8)6-13-11(16)9-5-14-15-7(9)2/h4-5H,3,6H2,1-2H3,(H,13,16)(H,14,15). The lowest BCUT2D eigenvalue weighted by Gasteiger charge is -2.01. The third-order valence-electron chi connectivity index (χ3n) is 2.42. The van der Waals surface area contributed by atoms with E-state index in [0.29, 0.717) is 12.1 Å². The summed E-state index contributed by atoms with van der Waals surface area (Å²) in [5, 5.41) is 10.3. The highest BCUT2D eigenvalue weighted by atomic mass is 32.1. The van der Waals surface area contributed by atoms with E-state index in [9.17, 15) is 4.79 Å². The van der Waals surface area contributed by atoms with Gasteiger partial charge in [-0.25, -0.2) is 4.98 Å². The van der Waals surface area contributed by atoms with Crippen LogP contribution >= 0.6 is 11.3 Å². The van der Waals surface area contributed by atoms with Gasteiger partial charge in [-0.3, -0.25) is 9.89 Å². The van der Waals surface area contributed by atoms with Crippen LogP contribution in [0, 0.1) is 6.92 Å². The highest BCUT2D eigenvalue weighted by Crippen LogP contribution is 2.13. The molecule has 17 heavy (non-hydrogen) atoms. The van der Waals surface area contributed by atoms with Crippen molar-refractivity contribution in [3.8, 4) is 0 Å². The number of hydrogen-bond acceptors (Lipinski definition) is 4. The number of nitrogens with one attached hydrogen (secondary N) is 2. The minimum absolute atomic E-state index is 0.121. The number of hydrogen-bond donors (Lipinski definition) is 2. The molecule has 0 bridgehead atoms. The predicted molar refractivity (Wildman–Crippen MR) is 66.0 cm³/mol. The van der Waals surface area contributed by atoms with E-state index in [2.05, 4.69) is 27.4 Å². The van der Waals surface area contributed by atoms with Gasteiger partial charge in [0.15, 0.2) is 0 Å². The van der Waals surface area contributed by atoms with E-state index in [1.54, 1.807) is 11.3 Å². The van der Waals surface area contributed by atoms with Gasteiger partial charge in [-0.15, -0.1) is 11.3 Å². The third-order valence-corrected chi connectivity index (χ3v) is 3.57. The second-order valence-corrected chi connectivity index (χ2v) is 4.86. The Morgan fingerprint density at radius 3 is 2.94 bits per heavy atom. The lowest BCUT2D eigenvalue weighted by molar-refractivity contribution is 0.0950. The van der Waals surface area contributed by atoms with Crippen LogP contribution in [0.15, 0.2) is 12.4 Å². The summed E-state index contributed by atoms with van der Waals surface area (Å²) in [7, 11) is 0. The Balaban J connectivity index is 1.94. The van der Waals surface area contributed by atoms with Crippen molar-refractivity contribution in [3.63, 3.8) is 0 Å². The van der Waals surface area contributed by atoms with Gasteiger partial charge in [-0.1, -0.05) is 6.92 Å². The number of aromatic nitrogens is 3. The fraction of sp³-hybridized carbons (Fsp3) is 0.364. The fourth-order valence-electron chi connectivity index (χ4n) is 1.42. The average Bonchev–Trinajstić information content (AvgIpc) is 2.94. The Morgan fingerprint density at radius 2 is 2.35 bits per heavy atom. The first kappa shape index (κ1) is 11.8. The van der Waals surface area contributed by atoms with Gasteiger partial charge in [0.1, 0.15) is 5.01 Å². The molecule has 1 amide bonds. The van der Waals surface area contributed by atoms with Gasteiger partial charge in [-0.05, 0) is 13.3 Å². The van der Waals surface area contributed by atoms with E-state index in [4.69, 9.17) is 0 Å². The van der Waals surface area contributed by atoms with Gasteiger partial charge in [0.25, 0.3) is 5.91 Å². The second kappa shape index (κ2) is 5.09. The molecule has 0 atom stereocenters. The Labute approximate surface area is 103 Å². The van der Waals surface area contributed by atoms with Crippen LogP contribution in [0.4, 0.5) is 0 Å². The normalized spacial score (nSPS) is 10.5. The van der Waals surface area contributed by atoms with Gasteiger partial charge in [-0.2, -0.15) is 5.10 Å². The lowest BCUT2D eigenvalue weighted by Crippen LogP contribution is -2.22. The van der Waals surface area contributed by atoms with Crippen molar-refractivity contribution in [2.45, 2.75) is 26.8 Å². The van der Waals surface area contributed by atoms with Crippen LogP contribution in [0.1, 0.15) is 32.9 Å². The van der Waals surface area contributed by atoms with Gasteiger partial charge in [0, 0.05) is 16.8 Å². The number of amides is 1. The second-order valence-electron chi connectivity index (χ2n) is 3.67. The Bertz CT molecular complexity index is 517. The molecule has 2 N–H and O–H groups in total. The topological polar surface area (TPSA) is 70.7 Å². The number of nitrogens with zero attached hydrogens (tertiary/aromatic N) is 2. The molecule has 0 aliphatic rings. The van der Waals surface area contributed by atoms with E-state index in [1.807, 2.05) is 13.1 Å². The smallest absolute Gasteiger partial charge is 0.255 e. The van der Waals surface area contributed by atoms with Crippen molar-refractivity contribution in [2.75, 3.05) is 0 Å². The summed E-state index contributed by atoms with van der Waals surface area (Å²) in [5.41, 5.74) is 1.35. The maximum Gasteiger partial charge on any atom is 0.255 e. The summed E-state index contributed by atoms with van der Waals surface area (Å²) in [6.07, 6.45) is 4.37. The van der Waals surface area contributed by atoms with Crippen LogP contribution in [0.25, 0.3) is 0 Å². The van der Waals surface area contributed by atoms with Crippen molar-refractivity contribution < 1.29 is 4.79 Å². The average molecular weight is 250 g/mol. The zero-order valence-corrected chi connectivity index (χ0v) is 10.6. The molecule has 0 aromatic carbocycles. The molecule has 0 saturated heterocycles. The summed E-state index contributed by atoms with van der Waals surface area (Å²) < 4.78 is 0. The first-order valence-corrected chi connectivity index (χ1v) is 6.24. The zero-order valence-electron chi connectivity index (χ0n) is 9.78. The van der Waals surface area contributed by atoms with E-state index < -0.39 is 0 Å². The lowest BCUT2D eigenvalue weighted by atomic mass is 10.2. The maximum atomic E-state index is 11.8. The number of aromatic amines is 1. The van der Waals surface area contributed by atoms with Crippen LogP contribution in [0.5, 0.6) is 0 Å². The molecule has 0 aliphatic carbocycles. The van der Waals surface area contributed by atoms with Crippen LogP contribution in [0.3, 0.4) is 0 Å². The molecular formula is C11H14N4OS. The van der Waals surface area contributed by atoms with Crippen LogP contribution in [-0.2, 0) is 13.0 Å². The Morgan fingerprint density at radius 1 is 1.53 bits per heavy atom. The van der Waals surface area contributed by atoms with Gasteiger partial charge >= 0.3 is 0 Å². The number of carbonyl (C=O) groups is 1. The molecule has 0 aliphatic heterocycles. The SMILES string of the molecule is CCc1cnc(CNC(=O)c2cn[nH]c2C)s1. The first-order valence-electron chi connectivity index (χ1n) is 5.42. The van der Waals surface area contributed by atoms with Gasteiger partial charge in [0.2, 0.25) is 0 Å². The van der Waals surface area contributed by atoms with Crippen LogP contribution < -0.4 is 5.32 Å². The molecule has 0 fully saturated rings. The number of H-pyrrole nitrogens is 1. The van der Waals surface area contributed by atoms with Crippen molar-refractivity contribution in [3.05, 3.63) is 33.5 Å². The monoisotopic (exact) mass is 250 g/mol. The highest BCUT2D eigenvalue weighted by Gasteiger charge is 2.10. The molecule has 2 rings (SSSR count). The predicted octanol–water partition coefficient (Wildman–Crippen LogP) is 1.67. The number of carbonyl (C=O) groups excluding carboxylic acids is 1. The molecule has 2 aromatic heterocycles.